The normalized spacial score (nSPS) is 15.1. The van der Waals surface area contributed by atoms with Gasteiger partial charge >= 0.3 is 5.97 Å². The van der Waals surface area contributed by atoms with E-state index < -0.39 is 28.1 Å². The van der Waals surface area contributed by atoms with Crippen molar-refractivity contribution in [1.82, 2.24) is 4.90 Å². The first-order chi connectivity index (χ1) is 19.7. The van der Waals surface area contributed by atoms with E-state index in [0.717, 1.165) is 33.7 Å². The standard InChI is InChI=1S/C30H34Cl2N4O5S/c1-30(2,3)41-29(37)19-36(42(38,39)26-17-23(31)16-24(32)18-26)25-7-6-20-14-22(5-4-21(20)15-25)27(33)8-9-28(34)35-10-12-40-13-11-35/h4-9,14-18H,10-13,19,33-34H2,1-3H3/b27-8-,28-9+. The molecule has 9 nitrogen and oxygen atoms in total. The van der Waals surface area contributed by atoms with Gasteiger partial charge in [-0.3, -0.25) is 9.10 Å². The van der Waals surface area contributed by atoms with Gasteiger partial charge in [0.15, 0.2) is 0 Å². The molecular weight excluding hydrogens is 599 g/mol. The molecule has 0 radical (unpaired) electrons. The van der Waals surface area contributed by atoms with Gasteiger partial charge in [0, 0.05) is 28.8 Å². The molecule has 1 aliphatic heterocycles. The lowest BCUT2D eigenvalue weighted by atomic mass is 10.0. The van der Waals surface area contributed by atoms with E-state index in [2.05, 4.69) is 0 Å². The lowest BCUT2D eigenvalue weighted by Gasteiger charge is -2.28. The van der Waals surface area contributed by atoms with Crippen molar-refractivity contribution in [1.29, 1.82) is 0 Å². The van der Waals surface area contributed by atoms with Crippen LogP contribution in [0.5, 0.6) is 0 Å². The van der Waals surface area contributed by atoms with E-state index in [0.29, 0.717) is 24.7 Å². The van der Waals surface area contributed by atoms with E-state index in [-0.39, 0.29) is 20.6 Å². The molecule has 0 atom stereocenters. The Morgan fingerprint density at radius 2 is 1.60 bits per heavy atom. The monoisotopic (exact) mass is 632 g/mol. The Labute approximate surface area is 256 Å². The number of benzene rings is 3. The fourth-order valence-electron chi connectivity index (χ4n) is 4.38. The fourth-order valence-corrected chi connectivity index (χ4v) is 6.51. The molecule has 0 aliphatic carbocycles. The van der Waals surface area contributed by atoms with Gasteiger partial charge in [0.25, 0.3) is 10.0 Å². The number of carbonyl (C=O) groups excluding carboxylic acids is 1. The number of anilines is 1. The molecule has 0 amide bonds. The summed E-state index contributed by atoms with van der Waals surface area (Å²) in [5.74, 6) is -0.101. The molecule has 3 aromatic carbocycles. The molecule has 0 bridgehead atoms. The van der Waals surface area contributed by atoms with Gasteiger partial charge in [-0.2, -0.15) is 0 Å². The molecule has 224 valence electrons. The number of ether oxygens (including phenoxy) is 2. The number of esters is 1. The number of sulfonamides is 1. The van der Waals surface area contributed by atoms with E-state index in [1.54, 1.807) is 51.1 Å². The summed E-state index contributed by atoms with van der Waals surface area (Å²) in [6.07, 6.45) is 3.53. The summed E-state index contributed by atoms with van der Waals surface area (Å²) in [7, 11) is -4.26. The number of nitrogens with zero attached hydrogens (tertiary/aromatic N) is 2. The van der Waals surface area contributed by atoms with Crippen molar-refractivity contribution in [3.8, 4) is 0 Å². The molecule has 1 heterocycles. The van der Waals surface area contributed by atoms with Crippen molar-refractivity contribution in [2.24, 2.45) is 11.5 Å². The van der Waals surface area contributed by atoms with Crippen molar-refractivity contribution >= 4 is 61.4 Å². The Morgan fingerprint density at radius 1 is 0.976 bits per heavy atom. The molecule has 4 rings (SSSR count). The summed E-state index contributed by atoms with van der Waals surface area (Å²) < 4.78 is 39.4. The third kappa shape index (κ3) is 7.89. The highest BCUT2D eigenvalue weighted by molar-refractivity contribution is 7.92. The van der Waals surface area contributed by atoms with E-state index >= 15 is 0 Å². The zero-order chi connectivity index (χ0) is 30.7. The lowest BCUT2D eigenvalue weighted by molar-refractivity contribution is -0.152. The molecule has 1 fully saturated rings. The van der Waals surface area contributed by atoms with E-state index in [9.17, 15) is 13.2 Å². The van der Waals surface area contributed by atoms with Crippen LogP contribution in [0.3, 0.4) is 0 Å². The second kappa shape index (κ2) is 12.8. The number of fused-ring (bicyclic) bond motifs is 1. The second-order valence-electron chi connectivity index (χ2n) is 10.8. The Hall–Kier alpha value is -3.44. The van der Waals surface area contributed by atoms with E-state index in [1.165, 1.54) is 18.2 Å². The molecule has 42 heavy (non-hydrogen) atoms. The number of carbonyl (C=O) groups is 1. The highest BCUT2D eigenvalue weighted by Crippen LogP contribution is 2.31. The average molecular weight is 634 g/mol. The van der Waals surface area contributed by atoms with Gasteiger partial charge < -0.3 is 25.8 Å². The second-order valence-corrected chi connectivity index (χ2v) is 13.5. The minimum Gasteiger partial charge on any atom is -0.459 e. The Kier molecular flexibility index (Phi) is 9.62. The zero-order valence-corrected chi connectivity index (χ0v) is 26.0. The van der Waals surface area contributed by atoms with E-state index in [1.807, 2.05) is 23.1 Å². The predicted molar refractivity (Wildman–Crippen MR) is 168 cm³/mol. The third-order valence-corrected chi connectivity index (χ3v) is 8.56. The quantitative estimate of drug-likeness (QED) is 0.259. The highest BCUT2D eigenvalue weighted by atomic mass is 35.5. The predicted octanol–water partition coefficient (Wildman–Crippen LogP) is 5.12. The van der Waals surface area contributed by atoms with Gasteiger partial charge in [-0.05, 0) is 85.7 Å². The van der Waals surface area contributed by atoms with E-state index in [4.69, 9.17) is 44.1 Å². The molecular formula is C30H34Cl2N4O5S. The van der Waals surface area contributed by atoms with Crippen molar-refractivity contribution < 1.29 is 22.7 Å². The molecule has 4 N–H and O–H groups in total. The summed E-state index contributed by atoms with van der Waals surface area (Å²) in [4.78, 5) is 14.7. The minimum absolute atomic E-state index is 0.150. The number of allylic oxidation sites excluding steroid dienone is 2. The molecule has 0 unspecified atom stereocenters. The molecule has 1 saturated heterocycles. The van der Waals surface area contributed by atoms with Gasteiger partial charge in [0.1, 0.15) is 12.1 Å². The Balaban J connectivity index is 1.68. The van der Waals surface area contributed by atoms with Gasteiger partial charge in [0.05, 0.1) is 29.6 Å². The molecule has 0 saturated carbocycles. The largest absolute Gasteiger partial charge is 0.459 e. The van der Waals surface area contributed by atoms with Crippen LogP contribution in [0.1, 0.15) is 26.3 Å². The smallest absolute Gasteiger partial charge is 0.327 e. The number of hydrogen-bond acceptors (Lipinski definition) is 8. The molecule has 12 heteroatoms. The van der Waals surface area contributed by atoms with Crippen LogP contribution < -0.4 is 15.8 Å². The van der Waals surface area contributed by atoms with Crippen LogP contribution >= 0.6 is 23.2 Å². The summed E-state index contributed by atoms with van der Waals surface area (Å²) in [5, 5.41) is 1.85. The summed E-state index contributed by atoms with van der Waals surface area (Å²) in [6.45, 7) is 7.27. The van der Waals surface area contributed by atoms with Crippen LogP contribution in [0.25, 0.3) is 16.5 Å². The maximum atomic E-state index is 13.8. The number of nitrogens with two attached hydrogens (primary N) is 2. The molecule has 0 aromatic heterocycles. The van der Waals surface area contributed by atoms with Crippen LogP contribution in [0.15, 0.2) is 77.5 Å². The van der Waals surface area contributed by atoms with Crippen LogP contribution in [-0.2, 0) is 24.3 Å². The van der Waals surface area contributed by atoms with Crippen LogP contribution in [0.4, 0.5) is 5.69 Å². The maximum Gasteiger partial charge on any atom is 0.327 e. The van der Waals surface area contributed by atoms with Gasteiger partial charge in [-0.25, -0.2) is 8.42 Å². The average Bonchev–Trinajstić information content (AvgIpc) is 2.92. The minimum atomic E-state index is -4.26. The van der Waals surface area contributed by atoms with Crippen molar-refractivity contribution in [3.05, 3.63) is 88.2 Å². The van der Waals surface area contributed by atoms with Gasteiger partial charge in [0.2, 0.25) is 0 Å². The van der Waals surface area contributed by atoms with Crippen LogP contribution in [-0.4, -0.2) is 57.7 Å². The van der Waals surface area contributed by atoms with Gasteiger partial charge in [-0.1, -0.05) is 41.4 Å². The first-order valence-corrected chi connectivity index (χ1v) is 15.4. The Bertz CT molecular complexity index is 1620. The maximum absolute atomic E-state index is 13.8. The fraction of sp³-hybridized carbons (Fsp3) is 0.300. The lowest BCUT2D eigenvalue weighted by Crippen LogP contribution is -2.39. The van der Waals surface area contributed by atoms with Gasteiger partial charge in [-0.15, -0.1) is 0 Å². The zero-order valence-electron chi connectivity index (χ0n) is 23.6. The summed E-state index contributed by atoms with van der Waals surface area (Å²) in [5.41, 5.74) is 13.3. The van der Waals surface area contributed by atoms with Crippen molar-refractivity contribution in [2.75, 3.05) is 37.2 Å². The number of hydrogen-bond donors (Lipinski definition) is 2. The third-order valence-electron chi connectivity index (χ3n) is 6.37. The molecule has 3 aromatic rings. The topological polar surface area (TPSA) is 128 Å². The first-order valence-electron chi connectivity index (χ1n) is 13.2. The summed E-state index contributed by atoms with van der Waals surface area (Å²) >= 11 is 12.2. The summed E-state index contributed by atoms with van der Waals surface area (Å²) in [6, 6.07) is 14.6. The molecule has 0 spiro atoms. The number of rotatable bonds is 8. The molecule has 1 aliphatic rings. The first kappa shape index (κ1) is 31.5. The highest BCUT2D eigenvalue weighted by Gasteiger charge is 2.30. The SMILES string of the molecule is CC(C)(C)OC(=O)CN(c1ccc2cc(/C(N)=C/C=C(\N)N3CCOCC3)ccc2c1)S(=O)(=O)c1cc(Cl)cc(Cl)c1. The number of halogens is 2. The van der Waals surface area contributed by atoms with Crippen LogP contribution in [0, 0.1) is 0 Å². The van der Waals surface area contributed by atoms with Crippen molar-refractivity contribution in [3.63, 3.8) is 0 Å². The Morgan fingerprint density at radius 3 is 2.24 bits per heavy atom. The van der Waals surface area contributed by atoms with Crippen molar-refractivity contribution in [2.45, 2.75) is 31.3 Å². The number of morpholine rings is 1. The van der Waals surface area contributed by atoms with Crippen LogP contribution in [0.2, 0.25) is 10.0 Å².